The number of hydrogen-bond acceptors (Lipinski definition) is 5. The molecule has 3 aromatic rings. The Morgan fingerprint density at radius 3 is 2.49 bits per heavy atom. The van der Waals surface area contributed by atoms with Gasteiger partial charge >= 0.3 is 0 Å². The second-order valence-electron chi connectivity index (χ2n) is 9.92. The number of pyridine rings is 1. The molecular weight excluding hydrogens is 486 g/mol. The van der Waals surface area contributed by atoms with Crippen LogP contribution in [0, 0.1) is 29.8 Å². The standard InChI is InChI=1S/C28H33F4N3O2/c1-18-16-34-25-4-3-20(37-2)15-21(25)26(18)22(29)5-6-28(17-36)7-10-35(11-8-28)12-9-33-19-13-23(30)27(32)24(31)14-19/h3-4,13-16,22,33,36H,5-12,17H2,1-2H3. The number of aromatic nitrogens is 1. The molecule has 5 nitrogen and oxygen atoms in total. The average molecular weight is 520 g/mol. The first kappa shape index (κ1) is 27.1. The summed E-state index contributed by atoms with van der Waals surface area (Å²) in [5.74, 6) is -3.29. The first-order chi connectivity index (χ1) is 17.7. The molecule has 0 saturated carbocycles. The summed E-state index contributed by atoms with van der Waals surface area (Å²) in [5.41, 5.74) is 1.95. The number of fused-ring (bicyclic) bond motifs is 1. The topological polar surface area (TPSA) is 57.6 Å². The van der Waals surface area contributed by atoms with Gasteiger partial charge in [0.05, 0.1) is 12.6 Å². The van der Waals surface area contributed by atoms with Crippen LogP contribution in [0.2, 0.25) is 0 Å². The van der Waals surface area contributed by atoms with E-state index in [0.29, 0.717) is 42.8 Å². The molecule has 2 heterocycles. The van der Waals surface area contributed by atoms with Gasteiger partial charge in [-0.3, -0.25) is 4.98 Å². The molecule has 4 rings (SSSR count). The molecule has 0 amide bonds. The molecular formula is C28H33F4N3O2. The molecule has 1 saturated heterocycles. The smallest absolute Gasteiger partial charge is 0.194 e. The molecule has 9 heteroatoms. The number of likely N-dealkylation sites (tertiary alicyclic amines) is 1. The summed E-state index contributed by atoms with van der Waals surface area (Å²) in [5, 5.41) is 13.9. The molecule has 0 radical (unpaired) electrons. The Labute approximate surface area is 214 Å². The third kappa shape index (κ3) is 6.15. The van der Waals surface area contributed by atoms with Gasteiger partial charge in [-0.05, 0) is 80.4 Å². The molecule has 1 aromatic heterocycles. The van der Waals surface area contributed by atoms with E-state index in [2.05, 4.69) is 15.2 Å². The minimum absolute atomic E-state index is 0.0101. The van der Waals surface area contributed by atoms with E-state index in [1.54, 1.807) is 13.3 Å². The van der Waals surface area contributed by atoms with Crippen LogP contribution in [0.3, 0.4) is 0 Å². The normalized spacial score (nSPS) is 16.6. The van der Waals surface area contributed by atoms with Gasteiger partial charge in [0, 0.05) is 49.1 Å². The molecule has 37 heavy (non-hydrogen) atoms. The molecule has 2 N–H and O–H groups in total. The van der Waals surface area contributed by atoms with Crippen molar-refractivity contribution in [3.05, 3.63) is 65.1 Å². The summed E-state index contributed by atoms with van der Waals surface area (Å²) in [4.78, 5) is 6.61. The van der Waals surface area contributed by atoms with E-state index in [-0.39, 0.29) is 17.7 Å². The maximum Gasteiger partial charge on any atom is 0.194 e. The van der Waals surface area contributed by atoms with E-state index >= 15 is 4.39 Å². The van der Waals surface area contributed by atoms with E-state index in [0.717, 1.165) is 49.0 Å². The van der Waals surface area contributed by atoms with Crippen LogP contribution in [0.1, 0.15) is 43.0 Å². The fraction of sp³-hybridized carbons (Fsp3) is 0.464. The largest absolute Gasteiger partial charge is 0.497 e. The quantitative estimate of drug-likeness (QED) is 0.256. The number of alkyl halides is 1. The van der Waals surface area contributed by atoms with Crippen molar-refractivity contribution in [2.24, 2.45) is 5.41 Å². The number of halogens is 4. The highest BCUT2D eigenvalue weighted by atomic mass is 19.2. The Kier molecular flexibility index (Phi) is 8.54. The number of rotatable bonds is 10. The Bertz CT molecular complexity index is 1210. The summed E-state index contributed by atoms with van der Waals surface area (Å²) in [7, 11) is 1.58. The second-order valence-corrected chi connectivity index (χ2v) is 9.92. The molecule has 2 aromatic carbocycles. The van der Waals surface area contributed by atoms with E-state index in [4.69, 9.17) is 4.74 Å². The van der Waals surface area contributed by atoms with Crippen molar-refractivity contribution in [1.29, 1.82) is 0 Å². The summed E-state index contributed by atoms with van der Waals surface area (Å²) < 4.78 is 60.9. The van der Waals surface area contributed by atoms with Gasteiger partial charge < -0.3 is 20.1 Å². The summed E-state index contributed by atoms with van der Waals surface area (Å²) in [6, 6.07) is 7.32. The molecule has 1 aliphatic rings. The maximum atomic E-state index is 15.7. The Hall–Kier alpha value is -2.91. The molecule has 1 fully saturated rings. The number of aliphatic hydroxyl groups is 1. The van der Waals surface area contributed by atoms with Crippen molar-refractivity contribution in [3.63, 3.8) is 0 Å². The number of hydrogen-bond donors (Lipinski definition) is 2. The fourth-order valence-electron chi connectivity index (χ4n) is 5.17. The van der Waals surface area contributed by atoms with Crippen LogP contribution in [-0.2, 0) is 0 Å². The van der Waals surface area contributed by atoms with Crippen LogP contribution in [0.25, 0.3) is 10.9 Å². The third-order valence-electron chi connectivity index (χ3n) is 7.55. The number of aliphatic hydroxyl groups excluding tert-OH is 1. The van der Waals surface area contributed by atoms with Gasteiger partial charge in [0.2, 0.25) is 0 Å². The van der Waals surface area contributed by atoms with E-state index in [1.165, 1.54) is 0 Å². The van der Waals surface area contributed by atoms with E-state index < -0.39 is 23.6 Å². The van der Waals surface area contributed by atoms with Crippen molar-refractivity contribution in [2.45, 2.75) is 38.8 Å². The number of methoxy groups -OCH3 is 1. The van der Waals surface area contributed by atoms with Crippen LogP contribution < -0.4 is 10.1 Å². The van der Waals surface area contributed by atoms with Crippen LogP contribution in [0.15, 0.2) is 36.5 Å². The van der Waals surface area contributed by atoms with Crippen LogP contribution >= 0.6 is 0 Å². The molecule has 1 aliphatic heterocycles. The minimum Gasteiger partial charge on any atom is -0.497 e. The number of nitrogens with zero attached hydrogens (tertiary/aromatic N) is 2. The van der Waals surface area contributed by atoms with Crippen molar-refractivity contribution in [1.82, 2.24) is 9.88 Å². The van der Waals surface area contributed by atoms with E-state index in [1.807, 2.05) is 25.1 Å². The van der Waals surface area contributed by atoms with Gasteiger partial charge in [0.1, 0.15) is 11.9 Å². The Balaban J connectivity index is 1.32. The van der Waals surface area contributed by atoms with Crippen LogP contribution in [-0.4, -0.2) is 54.9 Å². The van der Waals surface area contributed by atoms with Crippen molar-refractivity contribution in [2.75, 3.05) is 45.2 Å². The number of aryl methyl sites for hydroxylation is 1. The lowest BCUT2D eigenvalue weighted by Crippen LogP contribution is -2.43. The minimum atomic E-state index is -1.48. The Morgan fingerprint density at radius 1 is 1.14 bits per heavy atom. The third-order valence-corrected chi connectivity index (χ3v) is 7.55. The molecule has 0 aliphatic carbocycles. The number of piperidine rings is 1. The second kappa shape index (κ2) is 11.6. The molecule has 0 spiro atoms. The maximum absolute atomic E-state index is 15.7. The van der Waals surface area contributed by atoms with Crippen LogP contribution in [0.5, 0.6) is 5.75 Å². The van der Waals surface area contributed by atoms with Crippen molar-refractivity contribution >= 4 is 16.6 Å². The van der Waals surface area contributed by atoms with Gasteiger partial charge in [0.15, 0.2) is 17.5 Å². The molecule has 1 unspecified atom stereocenters. The monoisotopic (exact) mass is 519 g/mol. The highest BCUT2D eigenvalue weighted by Gasteiger charge is 2.35. The lowest BCUT2D eigenvalue weighted by atomic mass is 9.74. The van der Waals surface area contributed by atoms with E-state index in [9.17, 15) is 18.3 Å². The molecule has 200 valence electrons. The first-order valence-corrected chi connectivity index (χ1v) is 12.5. The summed E-state index contributed by atoms with van der Waals surface area (Å²) >= 11 is 0. The van der Waals surface area contributed by atoms with Crippen LogP contribution in [0.4, 0.5) is 23.2 Å². The molecule has 1 atom stereocenters. The lowest BCUT2D eigenvalue weighted by molar-refractivity contribution is 0.0315. The number of anilines is 1. The zero-order chi connectivity index (χ0) is 26.6. The predicted octanol–water partition coefficient (Wildman–Crippen LogP) is 5.95. The van der Waals surface area contributed by atoms with Gasteiger partial charge in [0.25, 0.3) is 0 Å². The lowest BCUT2D eigenvalue weighted by Gasteiger charge is -2.41. The summed E-state index contributed by atoms with van der Waals surface area (Å²) in [6.45, 7) is 4.35. The highest BCUT2D eigenvalue weighted by molar-refractivity contribution is 5.84. The Morgan fingerprint density at radius 2 is 1.84 bits per heavy atom. The van der Waals surface area contributed by atoms with Gasteiger partial charge in [-0.15, -0.1) is 0 Å². The molecule has 0 bridgehead atoms. The zero-order valence-electron chi connectivity index (χ0n) is 21.2. The average Bonchev–Trinajstić information content (AvgIpc) is 2.90. The van der Waals surface area contributed by atoms with Crippen molar-refractivity contribution < 1.29 is 27.4 Å². The SMILES string of the molecule is COc1ccc2ncc(C)c(C(F)CCC3(CO)CCN(CCNc4cc(F)c(F)c(F)c4)CC3)c2c1. The zero-order valence-corrected chi connectivity index (χ0v) is 21.2. The predicted molar refractivity (Wildman–Crippen MR) is 136 cm³/mol. The van der Waals surface area contributed by atoms with Crippen molar-refractivity contribution in [3.8, 4) is 5.75 Å². The van der Waals surface area contributed by atoms with Gasteiger partial charge in [-0.1, -0.05) is 0 Å². The first-order valence-electron chi connectivity index (χ1n) is 12.5. The highest BCUT2D eigenvalue weighted by Crippen LogP contribution is 2.40. The number of benzene rings is 2. The van der Waals surface area contributed by atoms with Gasteiger partial charge in [-0.2, -0.15) is 0 Å². The summed E-state index contributed by atoms with van der Waals surface area (Å²) in [6.07, 6.45) is 2.79. The number of nitrogens with one attached hydrogen (secondary N) is 1. The fourth-order valence-corrected chi connectivity index (χ4v) is 5.17. The van der Waals surface area contributed by atoms with Gasteiger partial charge in [-0.25, -0.2) is 17.6 Å². The number of ether oxygens (including phenoxy) is 1.